The number of carboxylic acid groups (broad SMARTS) is 1. The summed E-state index contributed by atoms with van der Waals surface area (Å²) in [5, 5.41) is 11.3. The largest absolute Gasteiger partial charge is 0.481 e. The normalized spacial score (nSPS) is 19.1. The molecule has 2 amide bonds. The van der Waals surface area contributed by atoms with Crippen LogP contribution in [0.2, 0.25) is 0 Å². The molecular formula is C11H16N2O4. The molecule has 1 saturated heterocycles. The second-order valence-corrected chi connectivity index (χ2v) is 3.62. The highest BCUT2D eigenvalue weighted by Crippen LogP contribution is 2.08. The predicted octanol–water partition coefficient (Wildman–Crippen LogP) is -0.105. The minimum absolute atomic E-state index is 0.0848. The lowest BCUT2D eigenvalue weighted by Crippen LogP contribution is -2.50. The first-order valence-electron chi connectivity index (χ1n) is 5.39. The molecule has 0 aromatic rings. The highest BCUT2D eigenvalue weighted by molar-refractivity contribution is 5.74. The van der Waals surface area contributed by atoms with Crippen LogP contribution in [-0.4, -0.2) is 54.4 Å². The van der Waals surface area contributed by atoms with Crippen molar-refractivity contribution >= 4 is 12.0 Å². The van der Waals surface area contributed by atoms with Gasteiger partial charge in [0.15, 0.2) is 0 Å². The minimum Gasteiger partial charge on any atom is -0.481 e. The number of carbonyl (C=O) groups is 2. The van der Waals surface area contributed by atoms with Gasteiger partial charge in [-0.25, -0.2) is 4.79 Å². The molecule has 1 aliphatic rings. The van der Waals surface area contributed by atoms with Crippen LogP contribution in [0.4, 0.5) is 4.79 Å². The van der Waals surface area contributed by atoms with E-state index < -0.39 is 12.1 Å². The summed E-state index contributed by atoms with van der Waals surface area (Å²) in [7, 11) is 0. The predicted molar refractivity (Wildman–Crippen MR) is 60.4 cm³/mol. The van der Waals surface area contributed by atoms with Crippen LogP contribution in [0.5, 0.6) is 0 Å². The number of hydrogen-bond donors (Lipinski definition) is 2. The molecule has 17 heavy (non-hydrogen) atoms. The van der Waals surface area contributed by atoms with Gasteiger partial charge in [-0.2, -0.15) is 0 Å². The van der Waals surface area contributed by atoms with Crippen LogP contribution in [0, 0.1) is 11.8 Å². The molecule has 94 valence electrons. The van der Waals surface area contributed by atoms with Gasteiger partial charge in [-0.05, 0) is 6.92 Å². The van der Waals surface area contributed by atoms with Crippen molar-refractivity contribution in [3.63, 3.8) is 0 Å². The van der Waals surface area contributed by atoms with Crippen molar-refractivity contribution < 1.29 is 19.4 Å². The van der Waals surface area contributed by atoms with E-state index in [4.69, 9.17) is 9.84 Å². The molecule has 0 aliphatic carbocycles. The summed E-state index contributed by atoms with van der Waals surface area (Å²) in [6.07, 6.45) is -0.511. The molecule has 0 aromatic heterocycles. The third-order valence-corrected chi connectivity index (χ3v) is 2.33. The standard InChI is InChI=1S/C11H16N2O4/c1-2-3-4-12-11(16)13-5-6-17-9(8-13)7-10(14)15/h9H,4-8H2,1H3,(H,12,16)(H,14,15). The van der Waals surface area contributed by atoms with Crippen LogP contribution < -0.4 is 5.32 Å². The van der Waals surface area contributed by atoms with Gasteiger partial charge in [0.1, 0.15) is 0 Å². The second-order valence-electron chi connectivity index (χ2n) is 3.62. The molecule has 0 radical (unpaired) electrons. The summed E-state index contributed by atoms with van der Waals surface area (Å²) in [5.41, 5.74) is 0. The van der Waals surface area contributed by atoms with Gasteiger partial charge in [-0.3, -0.25) is 4.79 Å². The average Bonchev–Trinajstić information content (AvgIpc) is 2.28. The highest BCUT2D eigenvalue weighted by Gasteiger charge is 2.25. The number of ether oxygens (including phenoxy) is 1. The van der Waals surface area contributed by atoms with Gasteiger partial charge in [-0.1, -0.05) is 5.92 Å². The van der Waals surface area contributed by atoms with Crippen molar-refractivity contribution in [2.75, 3.05) is 26.2 Å². The number of urea groups is 1. The Kier molecular flexibility index (Phi) is 5.30. The lowest BCUT2D eigenvalue weighted by Gasteiger charge is -2.32. The van der Waals surface area contributed by atoms with Gasteiger partial charge in [-0.15, -0.1) is 5.92 Å². The van der Waals surface area contributed by atoms with Crippen molar-refractivity contribution in [1.29, 1.82) is 0 Å². The van der Waals surface area contributed by atoms with Crippen LogP contribution in [0.15, 0.2) is 0 Å². The Morgan fingerprint density at radius 3 is 3.00 bits per heavy atom. The quantitative estimate of drug-likeness (QED) is 0.675. The summed E-state index contributed by atoms with van der Waals surface area (Å²) in [5.74, 6) is 4.48. The number of nitrogens with zero attached hydrogens (tertiary/aromatic N) is 1. The first-order valence-corrected chi connectivity index (χ1v) is 5.39. The number of morpholine rings is 1. The van der Waals surface area contributed by atoms with E-state index >= 15 is 0 Å². The fourth-order valence-corrected chi connectivity index (χ4v) is 1.54. The smallest absolute Gasteiger partial charge is 0.318 e. The molecule has 0 spiro atoms. The summed E-state index contributed by atoms with van der Waals surface area (Å²) in [6, 6.07) is -0.230. The zero-order valence-electron chi connectivity index (χ0n) is 9.73. The number of hydrogen-bond acceptors (Lipinski definition) is 3. The van der Waals surface area contributed by atoms with Gasteiger partial charge in [0.25, 0.3) is 0 Å². The maximum atomic E-state index is 11.6. The van der Waals surface area contributed by atoms with Gasteiger partial charge in [0.05, 0.1) is 25.7 Å². The first kappa shape index (κ1) is 13.3. The van der Waals surface area contributed by atoms with Crippen LogP contribution in [0.1, 0.15) is 13.3 Å². The van der Waals surface area contributed by atoms with Crippen molar-refractivity contribution in [2.24, 2.45) is 0 Å². The summed E-state index contributed by atoms with van der Waals surface area (Å²) in [6.45, 7) is 3.14. The maximum absolute atomic E-state index is 11.6. The molecule has 0 saturated carbocycles. The SMILES string of the molecule is CC#CCNC(=O)N1CCOC(CC(=O)O)C1. The third-order valence-electron chi connectivity index (χ3n) is 2.33. The van der Waals surface area contributed by atoms with E-state index in [0.717, 1.165) is 0 Å². The van der Waals surface area contributed by atoms with Crippen molar-refractivity contribution in [2.45, 2.75) is 19.4 Å². The van der Waals surface area contributed by atoms with E-state index in [-0.39, 0.29) is 12.5 Å². The Balaban J connectivity index is 2.39. The average molecular weight is 240 g/mol. The van der Waals surface area contributed by atoms with E-state index in [1.165, 1.54) is 0 Å². The molecule has 0 aromatic carbocycles. The number of carboxylic acids is 1. The Morgan fingerprint density at radius 2 is 2.35 bits per heavy atom. The lowest BCUT2D eigenvalue weighted by atomic mass is 10.2. The number of amides is 2. The molecule has 1 heterocycles. The van der Waals surface area contributed by atoms with E-state index in [2.05, 4.69) is 17.2 Å². The van der Waals surface area contributed by atoms with Crippen LogP contribution >= 0.6 is 0 Å². The summed E-state index contributed by atoms with van der Waals surface area (Å²) >= 11 is 0. The maximum Gasteiger partial charge on any atom is 0.318 e. The van der Waals surface area contributed by atoms with Gasteiger partial charge < -0.3 is 20.1 Å². The zero-order valence-corrected chi connectivity index (χ0v) is 9.73. The molecule has 1 fully saturated rings. The van der Waals surface area contributed by atoms with Crippen molar-refractivity contribution in [3.8, 4) is 11.8 Å². The molecular weight excluding hydrogens is 224 g/mol. The zero-order chi connectivity index (χ0) is 12.7. The molecule has 0 bridgehead atoms. The molecule has 1 aliphatic heterocycles. The Labute approximate surface area is 99.9 Å². The Hall–Kier alpha value is -1.74. The summed E-state index contributed by atoms with van der Waals surface area (Å²) in [4.78, 5) is 23.7. The Morgan fingerprint density at radius 1 is 1.59 bits per heavy atom. The van der Waals surface area contributed by atoms with E-state index in [0.29, 0.717) is 26.2 Å². The minimum atomic E-state index is -0.922. The fraction of sp³-hybridized carbons (Fsp3) is 0.636. The number of rotatable bonds is 3. The van der Waals surface area contributed by atoms with Crippen LogP contribution in [0.25, 0.3) is 0 Å². The number of nitrogens with one attached hydrogen (secondary N) is 1. The van der Waals surface area contributed by atoms with Crippen LogP contribution in [-0.2, 0) is 9.53 Å². The van der Waals surface area contributed by atoms with E-state index in [1.54, 1.807) is 11.8 Å². The summed E-state index contributed by atoms with van der Waals surface area (Å²) < 4.78 is 5.26. The van der Waals surface area contributed by atoms with Gasteiger partial charge >= 0.3 is 12.0 Å². The number of carbonyl (C=O) groups excluding carboxylic acids is 1. The van der Waals surface area contributed by atoms with E-state index in [1.807, 2.05) is 0 Å². The van der Waals surface area contributed by atoms with Gasteiger partial charge in [0, 0.05) is 13.1 Å². The first-order chi connectivity index (χ1) is 8.13. The third kappa shape index (κ3) is 4.74. The molecule has 2 N–H and O–H groups in total. The second kappa shape index (κ2) is 6.76. The van der Waals surface area contributed by atoms with Gasteiger partial charge in [0.2, 0.25) is 0 Å². The Bertz CT molecular complexity index is 345. The molecule has 1 atom stereocenters. The number of aliphatic carboxylic acids is 1. The molecule has 1 unspecified atom stereocenters. The van der Waals surface area contributed by atoms with E-state index in [9.17, 15) is 9.59 Å². The molecule has 6 nitrogen and oxygen atoms in total. The molecule has 6 heteroatoms. The van der Waals surface area contributed by atoms with Crippen molar-refractivity contribution in [1.82, 2.24) is 10.2 Å². The topological polar surface area (TPSA) is 78.9 Å². The van der Waals surface area contributed by atoms with Crippen LogP contribution in [0.3, 0.4) is 0 Å². The van der Waals surface area contributed by atoms with Crippen molar-refractivity contribution in [3.05, 3.63) is 0 Å². The lowest BCUT2D eigenvalue weighted by molar-refractivity contribution is -0.141. The highest BCUT2D eigenvalue weighted by atomic mass is 16.5. The molecule has 1 rings (SSSR count). The fourth-order valence-electron chi connectivity index (χ4n) is 1.54. The monoisotopic (exact) mass is 240 g/mol.